The molecule has 2 aliphatic heterocycles. The Kier molecular flexibility index (Phi) is 15.7. The molecule has 0 aromatic heterocycles. The van der Waals surface area contributed by atoms with Gasteiger partial charge in [-0.05, 0) is 32.6 Å². The van der Waals surface area contributed by atoms with Gasteiger partial charge < -0.3 is 59.4 Å². The third-order valence-electron chi connectivity index (χ3n) is 9.09. The van der Waals surface area contributed by atoms with E-state index in [0.29, 0.717) is 12.8 Å². The first-order valence-corrected chi connectivity index (χ1v) is 16.0. The van der Waals surface area contributed by atoms with Crippen LogP contribution in [0.1, 0.15) is 87.0 Å². The van der Waals surface area contributed by atoms with Crippen molar-refractivity contribution in [3.8, 4) is 0 Å². The maximum atomic E-state index is 12.8. The molecule has 0 spiro atoms. The molecule has 2 fully saturated rings. The Hall–Kier alpha value is -1.30. The van der Waals surface area contributed by atoms with Crippen LogP contribution in [0, 0.1) is 11.8 Å². The van der Waals surface area contributed by atoms with Gasteiger partial charge in [-0.3, -0.25) is 9.59 Å². The highest BCUT2D eigenvalue weighted by Gasteiger charge is 2.56. The maximum absolute atomic E-state index is 12.8. The van der Waals surface area contributed by atoms with E-state index in [1.807, 2.05) is 27.7 Å². The largest absolute Gasteiger partial charge is 0.462 e. The van der Waals surface area contributed by atoms with Crippen molar-refractivity contribution in [3.05, 3.63) is 0 Å². The highest BCUT2D eigenvalue weighted by atomic mass is 16.8. The molecule has 2 rings (SSSR count). The molecule has 2 heterocycles. The topological polar surface area (TPSA) is 222 Å². The molecule has 45 heavy (non-hydrogen) atoms. The predicted molar refractivity (Wildman–Crippen MR) is 158 cm³/mol. The Morgan fingerprint density at radius 2 is 1.42 bits per heavy atom. The minimum Gasteiger partial charge on any atom is -0.462 e. The maximum Gasteiger partial charge on any atom is 0.308 e. The third-order valence-corrected chi connectivity index (χ3v) is 9.09. The van der Waals surface area contributed by atoms with Crippen LogP contribution < -0.4 is 0 Å². The summed E-state index contributed by atoms with van der Waals surface area (Å²) in [4.78, 5) is 24.2. The molecule has 0 aromatic rings. The summed E-state index contributed by atoms with van der Waals surface area (Å²) in [6.07, 6.45) is -13.7. The summed E-state index contributed by atoms with van der Waals surface area (Å²) in [5.41, 5.74) is -1.53. The SMILES string of the molecule is CC[C@H](C)[C@H](C[C@H](O)CC(C)=O)OC(=O)C[C@@H](O)C[C@H](O[C@@H]1O[C@@](C)(CO)[C@H](O)[C@H]1O[C@@H]1O[C@@H](C)[C@H](O)[C@@H](O)[C@H]1O)[C@@H](C)CC. The lowest BCUT2D eigenvalue weighted by molar-refractivity contribution is -0.324. The van der Waals surface area contributed by atoms with Crippen LogP contribution >= 0.6 is 0 Å². The van der Waals surface area contributed by atoms with Crippen LogP contribution in [0.2, 0.25) is 0 Å². The van der Waals surface area contributed by atoms with Crippen LogP contribution in [0.3, 0.4) is 0 Å². The summed E-state index contributed by atoms with van der Waals surface area (Å²) in [6.45, 7) is 11.2. The van der Waals surface area contributed by atoms with Gasteiger partial charge in [0.2, 0.25) is 0 Å². The van der Waals surface area contributed by atoms with Gasteiger partial charge in [0.15, 0.2) is 12.6 Å². The number of rotatable bonds is 18. The molecule has 0 bridgehead atoms. The zero-order valence-electron chi connectivity index (χ0n) is 27.5. The van der Waals surface area contributed by atoms with Crippen molar-refractivity contribution in [2.45, 2.75) is 166 Å². The first-order chi connectivity index (χ1) is 21.0. The number of aliphatic hydroxyl groups excluding tert-OH is 7. The second-order valence-corrected chi connectivity index (χ2v) is 13.0. The molecule has 0 saturated carbocycles. The molecule has 0 radical (unpaired) electrons. The van der Waals surface area contributed by atoms with Crippen molar-refractivity contribution >= 4 is 11.8 Å². The van der Waals surface area contributed by atoms with E-state index >= 15 is 0 Å². The number of carbonyl (C=O) groups is 2. The van der Waals surface area contributed by atoms with Gasteiger partial charge in [0, 0.05) is 19.3 Å². The fourth-order valence-electron chi connectivity index (χ4n) is 5.51. The Balaban J connectivity index is 2.15. The number of ketones is 1. The summed E-state index contributed by atoms with van der Waals surface area (Å²) < 4.78 is 29.2. The van der Waals surface area contributed by atoms with E-state index in [-0.39, 0.29) is 43.3 Å². The van der Waals surface area contributed by atoms with Gasteiger partial charge in [0.05, 0.1) is 37.4 Å². The van der Waals surface area contributed by atoms with Gasteiger partial charge in [-0.15, -0.1) is 0 Å². The lowest BCUT2D eigenvalue weighted by Gasteiger charge is -2.41. The number of hydrogen-bond acceptors (Lipinski definition) is 14. The van der Waals surface area contributed by atoms with E-state index in [1.54, 1.807) is 0 Å². The minimum atomic E-state index is -1.66. The second kappa shape index (κ2) is 17.7. The number of hydrogen-bond donors (Lipinski definition) is 7. The van der Waals surface area contributed by atoms with Crippen molar-refractivity contribution in [3.63, 3.8) is 0 Å². The summed E-state index contributed by atoms with van der Waals surface area (Å²) in [7, 11) is 0. The third kappa shape index (κ3) is 10.9. The van der Waals surface area contributed by atoms with Gasteiger partial charge in [0.1, 0.15) is 48.0 Å². The standard InChI is InChI=1S/C31H56O14/c1-8-15(3)21(11-19(34)10-17(5)33)42-23(36)13-20(35)12-22(16(4)9-2)43-30-27(28(40)31(7,14-32)45-30)44-29-26(39)25(38)24(37)18(6)41-29/h15-16,18-22,24-30,32,34-35,37-40H,8-14H2,1-7H3/t15-,16-,18-,19+,20-,21-,22-,24-,25+,26+,27+,28+,29-,30+,31-/m0/s1. The van der Waals surface area contributed by atoms with Gasteiger partial charge >= 0.3 is 5.97 Å². The van der Waals surface area contributed by atoms with Crippen LogP contribution in [-0.4, -0.2) is 133 Å². The van der Waals surface area contributed by atoms with Gasteiger partial charge in [0.25, 0.3) is 0 Å². The highest BCUT2D eigenvalue weighted by molar-refractivity contribution is 5.76. The molecule has 0 aromatic carbocycles. The van der Waals surface area contributed by atoms with Crippen LogP contribution in [-0.2, 0) is 33.3 Å². The quantitative estimate of drug-likeness (QED) is 0.0964. The first kappa shape index (κ1) is 39.9. The molecule has 0 unspecified atom stereocenters. The average molecular weight is 653 g/mol. The number of Topliss-reactive ketones (excluding diaryl/α,β-unsaturated/α-hetero) is 1. The van der Waals surface area contributed by atoms with Gasteiger partial charge in [-0.25, -0.2) is 0 Å². The fourth-order valence-corrected chi connectivity index (χ4v) is 5.51. The van der Waals surface area contributed by atoms with E-state index in [2.05, 4.69) is 0 Å². The smallest absolute Gasteiger partial charge is 0.308 e. The molecule has 0 amide bonds. The van der Waals surface area contributed by atoms with E-state index in [1.165, 1.54) is 20.8 Å². The zero-order valence-corrected chi connectivity index (χ0v) is 27.5. The number of aliphatic hydroxyl groups is 7. The highest BCUT2D eigenvalue weighted by Crippen LogP contribution is 2.37. The Morgan fingerprint density at radius 3 is 1.98 bits per heavy atom. The molecule has 7 N–H and O–H groups in total. The van der Waals surface area contributed by atoms with E-state index < -0.39 is 91.8 Å². The molecule has 15 atom stereocenters. The fraction of sp³-hybridized carbons (Fsp3) is 0.935. The molecule has 14 heteroatoms. The monoisotopic (exact) mass is 652 g/mol. The Morgan fingerprint density at radius 1 is 0.867 bits per heavy atom. The molecule has 2 aliphatic rings. The van der Waals surface area contributed by atoms with Crippen LogP contribution in [0.4, 0.5) is 0 Å². The number of esters is 1. The molecule has 264 valence electrons. The minimum absolute atomic E-state index is 0.0337. The normalized spacial score (nSPS) is 36.1. The number of carbonyl (C=O) groups excluding carboxylic acids is 2. The molecule has 0 aliphatic carbocycles. The van der Waals surface area contributed by atoms with Crippen molar-refractivity contribution in [2.75, 3.05) is 6.61 Å². The molecule has 14 nitrogen and oxygen atoms in total. The van der Waals surface area contributed by atoms with Crippen molar-refractivity contribution < 1.29 is 69.0 Å². The first-order valence-electron chi connectivity index (χ1n) is 16.0. The van der Waals surface area contributed by atoms with E-state index in [4.69, 9.17) is 23.7 Å². The van der Waals surface area contributed by atoms with E-state index in [0.717, 1.165) is 0 Å². The van der Waals surface area contributed by atoms with Crippen molar-refractivity contribution in [2.24, 2.45) is 11.8 Å². The van der Waals surface area contributed by atoms with Crippen LogP contribution in [0.25, 0.3) is 0 Å². The second-order valence-electron chi connectivity index (χ2n) is 13.0. The summed E-state index contributed by atoms with van der Waals surface area (Å²) in [6, 6.07) is 0. The van der Waals surface area contributed by atoms with Crippen LogP contribution in [0.5, 0.6) is 0 Å². The molecular formula is C31H56O14. The van der Waals surface area contributed by atoms with Crippen molar-refractivity contribution in [1.29, 1.82) is 0 Å². The predicted octanol–water partition coefficient (Wildman–Crippen LogP) is -0.0723. The van der Waals surface area contributed by atoms with E-state index in [9.17, 15) is 45.3 Å². The Bertz CT molecular complexity index is 921. The summed E-state index contributed by atoms with van der Waals surface area (Å²) in [5, 5.41) is 73.0. The zero-order chi connectivity index (χ0) is 34.2. The number of ether oxygens (including phenoxy) is 5. The summed E-state index contributed by atoms with van der Waals surface area (Å²) >= 11 is 0. The molecular weight excluding hydrogens is 596 g/mol. The Labute approximate surface area is 265 Å². The van der Waals surface area contributed by atoms with Gasteiger partial charge in [-0.1, -0.05) is 40.5 Å². The van der Waals surface area contributed by atoms with Crippen molar-refractivity contribution in [1.82, 2.24) is 0 Å². The summed E-state index contributed by atoms with van der Waals surface area (Å²) in [5.74, 6) is -1.12. The lowest BCUT2D eigenvalue weighted by Crippen LogP contribution is -2.59. The lowest BCUT2D eigenvalue weighted by atomic mass is 9.94. The molecule has 2 saturated heterocycles. The average Bonchev–Trinajstić information content (AvgIpc) is 3.21. The van der Waals surface area contributed by atoms with Crippen LogP contribution in [0.15, 0.2) is 0 Å². The van der Waals surface area contributed by atoms with Gasteiger partial charge in [-0.2, -0.15) is 0 Å².